The Hall–Kier alpha value is -0.0300. The molecule has 2 fully saturated rings. The molecule has 0 spiro atoms. The maximum absolute atomic E-state index is 12.3. The Morgan fingerprint density at radius 2 is 1.79 bits per heavy atom. The van der Waals surface area contributed by atoms with Crippen molar-refractivity contribution in [3.8, 4) is 0 Å². The third-order valence-corrected chi connectivity index (χ3v) is 4.20. The number of halogens is 2. The molecule has 0 aromatic carbocycles. The van der Waals surface area contributed by atoms with Gasteiger partial charge >= 0.3 is 0 Å². The van der Waals surface area contributed by atoms with Gasteiger partial charge in [-0.15, -0.1) is 24.8 Å². The summed E-state index contributed by atoms with van der Waals surface area (Å²) >= 11 is 0. The van der Waals surface area contributed by atoms with Gasteiger partial charge in [-0.3, -0.25) is 4.79 Å². The minimum absolute atomic E-state index is 0. The Labute approximate surface area is 128 Å². The molecule has 1 heterocycles. The van der Waals surface area contributed by atoms with E-state index in [4.69, 9.17) is 5.73 Å². The Kier molecular flexibility index (Phi) is 8.99. The Balaban J connectivity index is 0.00000162. The van der Waals surface area contributed by atoms with Crippen LogP contribution < -0.4 is 5.73 Å². The molecule has 0 aromatic rings. The molecule has 1 aliphatic heterocycles. The van der Waals surface area contributed by atoms with Gasteiger partial charge in [-0.2, -0.15) is 0 Å². The monoisotopic (exact) mass is 311 g/mol. The van der Waals surface area contributed by atoms with Gasteiger partial charge in [-0.05, 0) is 25.8 Å². The van der Waals surface area contributed by atoms with Gasteiger partial charge in [0, 0.05) is 38.1 Å². The molecule has 2 unspecified atom stereocenters. The van der Waals surface area contributed by atoms with Crippen LogP contribution in [-0.2, 0) is 4.79 Å². The fraction of sp³-hybridized carbons (Fsp3) is 0.923. The molecule has 19 heavy (non-hydrogen) atoms. The minimum Gasteiger partial charge on any atom is -0.340 e. The van der Waals surface area contributed by atoms with Crippen molar-refractivity contribution >= 4 is 30.7 Å². The van der Waals surface area contributed by atoms with E-state index in [0.29, 0.717) is 5.91 Å². The maximum Gasteiger partial charge on any atom is 0.225 e. The van der Waals surface area contributed by atoms with Crippen LogP contribution in [-0.4, -0.2) is 54.5 Å². The minimum atomic E-state index is 0. The van der Waals surface area contributed by atoms with Crippen LogP contribution in [0.3, 0.4) is 0 Å². The summed E-state index contributed by atoms with van der Waals surface area (Å²) in [5.74, 6) is 0.558. The first-order valence-corrected chi connectivity index (χ1v) is 6.97. The van der Waals surface area contributed by atoms with Gasteiger partial charge < -0.3 is 15.5 Å². The summed E-state index contributed by atoms with van der Waals surface area (Å²) in [6, 6.07) is 0.245. The predicted molar refractivity (Wildman–Crippen MR) is 83.1 cm³/mol. The molecule has 2 atom stereocenters. The van der Waals surface area contributed by atoms with Crippen LogP contribution in [0.5, 0.6) is 0 Å². The third-order valence-electron chi connectivity index (χ3n) is 4.20. The van der Waals surface area contributed by atoms with E-state index >= 15 is 0 Å². The lowest BCUT2D eigenvalue weighted by Gasteiger charge is -2.37. The fourth-order valence-electron chi connectivity index (χ4n) is 2.99. The number of carbonyl (C=O) groups excluding carboxylic acids is 1. The van der Waals surface area contributed by atoms with Crippen LogP contribution >= 0.6 is 24.8 Å². The molecule has 114 valence electrons. The molecule has 6 heteroatoms. The van der Waals surface area contributed by atoms with Crippen molar-refractivity contribution in [2.75, 3.05) is 32.7 Å². The van der Waals surface area contributed by atoms with Gasteiger partial charge in [-0.25, -0.2) is 0 Å². The van der Waals surface area contributed by atoms with Crippen molar-refractivity contribution in [3.05, 3.63) is 0 Å². The quantitative estimate of drug-likeness (QED) is 0.841. The van der Waals surface area contributed by atoms with Crippen molar-refractivity contribution in [2.24, 2.45) is 11.7 Å². The van der Waals surface area contributed by atoms with Crippen LogP contribution in [0.15, 0.2) is 0 Å². The topological polar surface area (TPSA) is 49.6 Å². The van der Waals surface area contributed by atoms with Crippen molar-refractivity contribution in [1.29, 1.82) is 0 Å². The number of rotatable bonds is 2. The van der Waals surface area contributed by atoms with Gasteiger partial charge in [0.25, 0.3) is 0 Å². The normalized spacial score (nSPS) is 28.2. The van der Waals surface area contributed by atoms with E-state index in [-0.39, 0.29) is 36.8 Å². The Morgan fingerprint density at radius 3 is 2.32 bits per heavy atom. The van der Waals surface area contributed by atoms with Crippen molar-refractivity contribution in [1.82, 2.24) is 9.80 Å². The summed E-state index contributed by atoms with van der Waals surface area (Å²) in [6.45, 7) is 7.13. The average Bonchev–Trinajstić information content (AvgIpc) is 2.38. The van der Waals surface area contributed by atoms with Gasteiger partial charge in [-0.1, -0.05) is 13.3 Å². The second-order valence-electron chi connectivity index (χ2n) is 5.38. The predicted octanol–water partition coefficient (Wildman–Crippen LogP) is 1.51. The highest BCUT2D eigenvalue weighted by Crippen LogP contribution is 2.25. The molecule has 4 nitrogen and oxygen atoms in total. The molecule has 2 rings (SSSR count). The van der Waals surface area contributed by atoms with E-state index in [1.54, 1.807) is 0 Å². The lowest BCUT2D eigenvalue weighted by atomic mass is 9.85. The number of hydrogen-bond acceptors (Lipinski definition) is 3. The lowest BCUT2D eigenvalue weighted by Crippen LogP contribution is -2.51. The number of nitrogens with two attached hydrogens (primary N) is 1. The summed E-state index contributed by atoms with van der Waals surface area (Å²) in [5.41, 5.74) is 5.96. The average molecular weight is 312 g/mol. The lowest BCUT2D eigenvalue weighted by molar-refractivity contribution is -0.138. The highest BCUT2D eigenvalue weighted by molar-refractivity contribution is 5.85. The zero-order valence-electron chi connectivity index (χ0n) is 11.7. The highest BCUT2D eigenvalue weighted by atomic mass is 35.5. The molecule has 0 aromatic heterocycles. The molecular formula is C13H27Cl2N3O. The molecule has 1 saturated carbocycles. The molecular weight excluding hydrogens is 285 g/mol. The zero-order chi connectivity index (χ0) is 12.3. The van der Waals surface area contributed by atoms with Crippen LogP contribution in [0.1, 0.15) is 32.6 Å². The number of piperazine rings is 1. The summed E-state index contributed by atoms with van der Waals surface area (Å²) in [6.07, 6.45) is 4.15. The van der Waals surface area contributed by atoms with E-state index < -0.39 is 0 Å². The number of nitrogens with zero attached hydrogens (tertiary/aromatic N) is 2. The van der Waals surface area contributed by atoms with E-state index in [1.807, 2.05) is 0 Å². The van der Waals surface area contributed by atoms with Gasteiger partial charge in [0.15, 0.2) is 0 Å². The standard InChI is InChI=1S/C13H25N3O.2ClH/c1-2-15-6-8-16(9-7-15)13(17)11-4-3-5-12(14)10-11;;/h11-12H,2-10,14H2,1H3;2*1H. The molecule has 0 bridgehead atoms. The number of carbonyl (C=O) groups is 1. The Bertz CT molecular complexity index is 271. The van der Waals surface area contributed by atoms with Crippen molar-refractivity contribution in [3.63, 3.8) is 0 Å². The second kappa shape index (κ2) is 9.01. The number of amides is 1. The Morgan fingerprint density at radius 1 is 1.16 bits per heavy atom. The third kappa shape index (κ3) is 5.10. The summed E-state index contributed by atoms with van der Waals surface area (Å²) in [4.78, 5) is 16.8. The van der Waals surface area contributed by atoms with E-state index in [9.17, 15) is 4.79 Å². The molecule has 0 radical (unpaired) electrons. The van der Waals surface area contributed by atoms with Gasteiger partial charge in [0.1, 0.15) is 0 Å². The summed E-state index contributed by atoms with van der Waals surface area (Å²) in [5, 5.41) is 0. The van der Waals surface area contributed by atoms with Crippen molar-refractivity contribution < 1.29 is 4.79 Å². The first-order valence-electron chi connectivity index (χ1n) is 6.97. The SMILES string of the molecule is CCN1CCN(C(=O)C2CCCC(N)C2)CC1.Cl.Cl. The molecule has 2 aliphatic rings. The number of likely N-dealkylation sites (N-methyl/N-ethyl adjacent to an activating group) is 1. The first kappa shape index (κ1) is 19.0. The van der Waals surface area contributed by atoms with Crippen LogP contribution in [0.4, 0.5) is 0 Å². The maximum atomic E-state index is 12.3. The number of hydrogen-bond donors (Lipinski definition) is 1. The van der Waals surface area contributed by atoms with Gasteiger partial charge in [0.2, 0.25) is 5.91 Å². The van der Waals surface area contributed by atoms with E-state index in [2.05, 4.69) is 16.7 Å². The fourth-order valence-corrected chi connectivity index (χ4v) is 2.99. The van der Waals surface area contributed by atoms with Crippen LogP contribution in [0, 0.1) is 5.92 Å². The highest BCUT2D eigenvalue weighted by Gasteiger charge is 2.30. The first-order chi connectivity index (χ1) is 8.20. The van der Waals surface area contributed by atoms with Crippen LogP contribution in [0.2, 0.25) is 0 Å². The van der Waals surface area contributed by atoms with Crippen LogP contribution in [0.25, 0.3) is 0 Å². The molecule has 2 N–H and O–H groups in total. The zero-order valence-corrected chi connectivity index (χ0v) is 13.3. The van der Waals surface area contributed by atoms with Gasteiger partial charge in [0.05, 0.1) is 0 Å². The summed E-state index contributed by atoms with van der Waals surface area (Å²) in [7, 11) is 0. The van der Waals surface area contributed by atoms with Crippen molar-refractivity contribution in [2.45, 2.75) is 38.6 Å². The largest absolute Gasteiger partial charge is 0.340 e. The second-order valence-corrected chi connectivity index (χ2v) is 5.38. The smallest absolute Gasteiger partial charge is 0.225 e. The molecule has 1 aliphatic carbocycles. The molecule has 1 amide bonds. The summed E-state index contributed by atoms with van der Waals surface area (Å²) < 4.78 is 0. The van der Waals surface area contributed by atoms with E-state index in [1.165, 1.54) is 0 Å². The molecule has 1 saturated heterocycles. The van der Waals surface area contributed by atoms with E-state index in [0.717, 1.165) is 58.4 Å².